The van der Waals surface area contributed by atoms with Gasteiger partial charge in [0.05, 0.1) is 6.04 Å². The smallest absolute Gasteiger partial charge is 0.126 e. The molecule has 0 aliphatic rings. The topological polar surface area (TPSA) is 21.3 Å². The Balaban J connectivity index is 2.17. The van der Waals surface area contributed by atoms with E-state index in [0.717, 1.165) is 11.1 Å². The number of benzene rings is 2. The standard InChI is InChI=1S/C17H20FNO/c1-12-9-10-15(18)11-16(12)20-13(2)17(19-3)14-7-5-4-6-8-14/h4-11,13,17,19H,1-3H3. The van der Waals surface area contributed by atoms with Gasteiger partial charge in [-0.3, -0.25) is 0 Å². The fraction of sp³-hybridized carbons (Fsp3) is 0.294. The molecule has 2 nitrogen and oxygen atoms in total. The predicted octanol–water partition coefficient (Wildman–Crippen LogP) is 3.86. The van der Waals surface area contributed by atoms with Crippen LogP contribution in [0, 0.1) is 12.7 Å². The maximum atomic E-state index is 13.3. The Hall–Kier alpha value is -1.87. The van der Waals surface area contributed by atoms with E-state index < -0.39 is 0 Å². The van der Waals surface area contributed by atoms with E-state index in [1.807, 2.05) is 39.1 Å². The van der Waals surface area contributed by atoms with Crippen LogP contribution in [0.2, 0.25) is 0 Å². The Morgan fingerprint density at radius 2 is 1.80 bits per heavy atom. The van der Waals surface area contributed by atoms with Crippen LogP contribution in [0.4, 0.5) is 4.39 Å². The molecule has 0 bridgehead atoms. The molecule has 1 N–H and O–H groups in total. The average molecular weight is 273 g/mol. The summed E-state index contributed by atoms with van der Waals surface area (Å²) in [6, 6.07) is 14.8. The van der Waals surface area contributed by atoms with Gasteiger partial charge < -0.3 is 10.1 Å². The van der Waals surface area contributed by atoms with Crippen molar-refractivity contribution >= 4 is 0 Å². The Morgan fingerprint density at radius 3 is 2.45 bits per heavy atom. The van der Waals surface area contributed by atoms with Gasteiger partial charge in [-0.25, -0.2) is 4.39 Å². The number of likely N-dealkylation sites (N-methyl/N-ethyl adjacent to an activating group) is 1. The van der Waals surface area contributed by atoms with Crippen LogP contribution in [-0.4, -0.2) is 13.2 Å². The Bertz CT molecular complexity index is 556. The number of rotatable bonds is 5. The second kappa shape index (κ2) is 6.53. The number of hydrogen-bond donors (Lipinski definition) is 1. The molecule has 0 aromatic heterocycles. The van der Waals surface area contributed by atoms with Gasteiger partial charge in [0, 0.05) is 6.07 Å². The SMILES string of the molecule is CNC(c1ccccc1)C(C)Oc1cc(F)ccc1C. The summed E-state index contributed by atoms with van der Waals surface area (Å²) >= 11 is 0. The van der Waals surface area contributed by atoms with Gasteiger partial charge >= 0.3 is 0 Å². The van der Waals surface area contributed by atoms with Crippen molar-refractivity contribution in [2.45, 2.75) is 26.0 Å². The molecule has 0 radical (unpaired) electrons. The lowest BCUT2D eigenvalue weighted by Gasteiger charge is -2.25. The molecule has 20 heavy (non-hydrogen) atoms. The fourth-order valence-electron chi connectivity index (χ4n) is 2.30. The zero-order valence-corrected chi connectivity index (χ0v) is 12.1. The summed E-state index contributed by atoms with van der Waals surface area (Å²) < 4.78 is 19.2. The van der Waals surface area contributed by atoms with Crippen molar-refractivity contribution in [3.05, 3.63) is 65.5 Å². The molecule has 0 fully saturated rings. The minimum absolute atomic E-state index is 0.0545. The van der Waals surface area contributed by atoms with Gasteiger partial charge in [0.1, 0.15) is 17.7 Å². The van der Waals surface area contributed by atoms with E-state index in [2.05, 4.69) is 17.4 Å². The van der Waals surface area contributed by atoms with Crippen LogP contribution in [-0.2, 0) is 0 Å². The van der Waals surface area contributed by atoms with Crippen molar-refractivity contribution in [1.29, 1.82) is 0 Å². The van der Waals surface area contributed by atoms with E-state index in [1.54, 1.807) is 6.07 Å². The van der Waals surface area contributed by atoms with Crippen LogP contribution in [0.15, 0.2) is 48.5 Å². The first-order valence-corrected chi connectivity index (χ1v) is 6.77. The molecule has 2 atom stereocenters. The summed E-state index contributed by atoms with van der Waals surface area (Å²) in [4.78, 5) is 0. The highest BCUT2D eigenvalue weighted by Gasteiger charge is 2.19. The van der Waals surface area contributed by atoms with Gasteiger partial charge in [0.15, 0.2) is 0 Å². The molecule has 3 heteroatoms. The molecule has 0 heterocycles. The lowest BCUT2D eigenvalue weighted by atomic mass is 10.0. The fourth-order valence-corrected chi connectivity index (χ4v) is 2.30. The number of nitrogens with one attached hydrogen (secondary N) is 1. The summed E-state index contributed by atoms with van der Waals surface area (Å²) in [6.45, 7) is 3.90. The van der Waals surface area contributed by atoms with Gasteiger partial charge in [-0.2, -0.15) is 0 Å². The van der Waals surface area contributed by atoms with E-state index >= 15 is 0 Å². The summed E-state index contributed by atoms with van der Waals surface area (Å²) in [5, 5.41) is 3.25. The zero-order chi connectivity index (χ0) is 14.5. The zero-order valence-electron chi connectivity index (χ0n) is 12.1. The molecule has 2 rings (SSSR count). The first-order valence-electron chi connectivity index (χ1n) is 6.77. The van der Waals surface area contributed by atoms with Crippen LogP contribution in [0.1, 0.15) is 24.1 Å². The highest BCUT2D eigenvalue weighted by molar-refractivity contribution is 5.33. The molecule has 2 aromatic carbocycles. The maximum Gasteiger partial charge on any atom is 0.126 e. The third kappa shape index (κ3) is 3.36. The molecule has 0 spiro atoms. The monoisotopic (exact) mass is 273 g/mol. The molecule has 2 unspecified atom stereocenters. The van der Waals surface area contributed by atoms with Gasteiger partial charge in [-0.15, -0.1) is 0 Å². The van der Waals surface area contributed by atoms with Gasteiger partial charge in [-0.05, 0) is 38.1 Å². The van der Waals surface area contributed by atoms with Crippen molar-refractivity contribution in [3.8, 4) is 5.75 Å². The highest BCUT2D eigenvalue weighted by Crippen LogP contribution is 2.25. The lowest BCUT2D eigenvalue weighted by Crippen LogP contribution is -2.31. The van der Waals surface area contributed by atoms with Crippen molar-refractivity contribution < 1.29 is 9.13 Å². The largest absolute Gasteiger partial charge is 0.488 e. The average Bonchev–Trinajstić information content (AvgIpc) is 2.45. The molecule has 0 saturated carbocycles. The maximum absolute atomic E-state index is 13.3. The Labute approximate surface area is 119 Å². The molecule has 0 aliphatic carbocycles. The third-order valence-corrected chi connectivity index (χ3v) is 3.40. The van der Waals surface area contributed by atoms with Crippen LogP contribution in [0.5, 0.6) is 5.75 Å². The van der Waals surface area contributed by atoms with Crippen LogP contribution in [0.25, 0.3) is 0 Å². The Morgan fingerprint density at radius 1 is 1.10 bits per heavy atom. The molecular weight excluding hydrogens is 253 g/mol. The summed E-state index contributed by atoms with van der Waals surface area (Å²) in [5.74, 6) is 0.312. The highest BCUT2D eigenvalue weighted by atomic mass is 19.1. The van der Waals surface area contributed by atoms with Crippen LogP contribution in [0.3, 0.4) is 0 Å². The number of hydrogen-bond acceptors (Lipinski definition) is 2. The van der Waals surface area contributed by atoms with Gasteiger partial charge in [0.2, 0.25) is 0 Å². The quantitative estimate of drug-likeness (QED) is 0.893. The van der Waals surface area contributed by atoms with E-state index in [9.17, 15) is 4.39 Å². The minimum atomic E-state index is -0.279. The molecule has 106 valence electrons. The van der Waals surface area contributed by atoms with E-state index in [-0.39, 0.29) is 18.0 Å². The van der Waals surface area contributed by atoms with Crippen molar-refractivity contribution in [2.75, 3.05) is 7.05 Å². The first-order chi connectivity index (χ1) is 9.61. The van der Waals surface area contributed by atoms with Gasteiger partial charge in [-0.1, -0.05) is 36.4 Å². The van der Waals surface area contributed by atoms with Crippen LogP contribution >= 0.6 is 0 Å². The molecule has 2 aromatic rings. The van der Waals surface area contributed by atoms with Crippen molar-refractivity contribution in [3.63, 3.8) is 0 Å². The summed E-state index contributed by atoms with van der Waals surface area (Å²) in [6.07, 6.45) is -0.108. The third-order valence-electron chi connectivity index (χ3n) is 3.40. The second-order valence-electron chi connectivity index (χ2n) is 4.91. The summed E-state index contributed by atoms with van der Waals surface area (Å²) in [7, 11) is 1.90. The Kier molecular flexibility index (Phi) is 4.74. The van der Waals surface area contributed by atoms with E-state index in [0.29, 0.717) is 5.75 Å². The number of aryl methyl sites for hydroxylation is 1. The first kappa shape index (κ1) is 14.5. The summed E-state index contributed by atoms with van der Waals surface area (Å²) in [5.41, 5.74) is 2.08. The normalized spacial score (nSPS) is 13.8. The lowest BCUT2D eigenvalue weighted by molar-refractivity contribution is 0.173. The molecule has 0 aliphatic heterocycles. The molecule has 0 amide bonds. The van der Waals surface area contributed by atoms with Gasteiger partial charge in [0.25, 0.3) is 0 Å². The van der Waals surface area contributed by atoms with Crippen LogP contribution < -0.4 is 10.1 Å². The van der Waals surface area contributed by atoms with E-state index in [1.165, 1.54) is 12.1 Å². The molecular formula is C17H20FNO. The second-order valence-corrected chi connectivity index (χ2v) is 4.91. The minimum Gasteiger partial charge on any atom is -0.488 e. The number of halogens is 1. The van der Waals surface area contributed by atoms with E-state index in [4.69, 9.17) is 4.74 Å². The molecule has 0 saturated heterocycles. The number of ether oxygens (including phenoxy) is 1. The predicted molar refractivity (Wildman–Crippen MR) is 79.5 cm³/mol. The van der Waals surface area contributed by atoms with Crippen molar-refractivity contribution in [1.82, 2.24) is 5.32 Å². The van der Waals surface area contributed by atoms with Crippen molar-refractivity contribution in [2.24, 2.45) is 0 Å².